The maximum absolute atomic E-state index is 12.6. The Hall–Kier alpha value is -1.67. The minimum Gasteiger partial charge on any atom is -0.345 e. The molecule has 1 amide bonds. The van der Waals surface area contributed by atoms with Crippen LogP contribution in [0, 0.1) is 5.92 Å². The summed E-state index contributed by atoms with van der Waals surface area (Å²) in [6.07, 6.45) is 8.18. The number of carbonyl (C=O) groups excluding carboxylic acids is 1. The third-order valence-corrected chi connectivity index (χ3v) is 8.06. The van der Waals surface area contributed by atoms with E-state index in [2.05, 4.69) is 9.88 Å². The van der Waals surface area contributed by atoms with Crippen molar-refractivity contribution in [2.24, 2.45) is 5.92 Å². The van der Waals surface area contributed by atoms with Gasteiger partial charge in [-0.15, -0.1) is 0 Å². The number of fused-ring (bicyclic) bond motifs is 1. The van der Waals surface area contributed by atoms with Crippen molar-refractivity contribution in [2.75, 3.05) is 37.3 Å². The van der Waals surface area contributed by atoms with Gasteiger partial charge < -0.3 is 9.80 Å². The van der Waals surface area contributed by atoms with Crippen LogP contribution in [-0.2, 0) is 14.6 Å². The van der Waals surface area contributed by atoms with Crippen LogP contribution in [0.15, 0.2) is 23.1 Å². The molecule has 28 heavy (non-hydrogen) atoms. The summed E-state index contributed by atoms with van der Waals surface area (Å²) in [7, 11) is -3.22. The lowest BCUT2D eigenvalue weighted by Gasteiger charge is -2.35. The topological polar surface area (TPSA) is 70.6 Å². The molecular formula is C20H27N3O3S2. The molecule has 6 nitrogen and oxygen atoms in total. The first-order valence-electron chi connectivity index (χ1n) is 10.0. The summed E-state index contributed by atoms with van der Waals surface area (Å²) in [5.74, 6) is 0.876. The van der Waals surface area contributed by atoms with Crippen LogP contribution in [0.4, 0.5) is 5.13 Å². The summed E-state index contributed by atoms with van der Waals surface area (Å²) in [6.45, 7) is 3.01. The second kappa shape index (κ2) is 7.99. The van der Waals surface area contributed by atoms with Gasteiger partial charge >= 0.3 is 0 Å². The van der Waals surface area contributed by atoms with Crippen molar-refractivity contribution in [1.82, 2.24) is 9.88 Å². The second-order valence-corrected chi connectivity index (χ2v) is 11.0. The van der Waals surface area contributed by atoms with Crippen molar-refractivity contribution < 1.29 is 13.2 Å². The van der Waals surface area contributed by atoms with Gasteiger partial charge in [-0.3, -0.25) is 4.79 Å². The van der Waals surface area contributed by atoms with Gasteiger partial charge in [-0.05, 0) is 37.0 Å². The smallest absolute Gasteiger partial charge is 0.222 e. The van der Waals surface area contributed by atoms with Gasteiger partial charge in [0.05, 0.1) is 15.1 Å². The fraction of sp³-hybridized carbons (Fsp3) is 0.600. The molecule has 1 aliphatic heterocycles. The van der Waals surface area contributed by atoms with E-state index in [4.69, 9.17) is 0 Å². The number of rotatable bonds is 4. The Morgan fingerprint density at radius 1 is 1.14 bits per heavy atom. The number of carbonyl (C=O) groups is 1. The molecule has 2 heterocycles. The molecule has 152 valence electrons. The van der Waals surface area contributed by atoms with E-state index in [-0.39, 0.29) is 0 Å². The highest BCUT2D eigenvalue weighted by Crippen LogP contribution is 2.31. The minimum absolute atomic E-state index is 0.300. The molecule has 8 heteroatoms. The van der Waals surface area contributed by atoms with Crippen molar-refractivity contribution in [2.45, 2.75) is 43.4 Å². The average Bonchev–Trinajstić information content (AvgIpc) is 3.11. The molecule has 0 radical (unpaired) electrons. The molecule has 0 spiro atoms. The first-order chi connectivity index (χ1) is 13.4. The summed E-state index contributed by atoms with van der Waals surface area (Å²) in [5, 5.41) is 0.903. The number of nitrogens with zero attached hydrogens (tertiary/aromatic N) is 3. The van der Waals surface area contributed by atoms with Gasteiger partial charge in [0, 0.05) is 38.9 Å². The third-order valence-electron chi connectivity index (χ3n) is 5.87. The molecule has 1 aliphatic carbocycles. The summed E-state index contributed by atoms with van der Waals surface area (Å²) < 4.78 is 24.4. The van der Waals surface area contributed by atoms with E-state index >= 15 is 0 Å². The molecule has 0 atom stereocenters. The largest absolute Gasteiger partial charge is 0.345 e. The van der Waals surface area contributed by atoms with Gasteiger partial charge in [-0.2, -0.15) is 0 Å². The van der Waals surface area contributed by atoms with E-state index in [0.717, 1.165) is 41.5 Å². The van der Waals surface area contributed by atoms with E-state index in [1.807, 2.05) is 4.90 Å². The van der Waals surface area contributed by atoms with E-state index in [1.165, 1.54) is 49.7 Å². The molecule has 1 saturated carbocycles. The molecule has 1 aromatic carbocycles. The standard InChI is InChI=1S/C20H27N3O3S2/c1-28(25,26)16-7-8-17-18(14-16)27-20(21-17)23-11-9-22(10-12-23)19(24)13-15-5-3-2-4-6-15/h7-8,14-15H,2-6,9-13H2,1H3. The minimum atomic E-state index is -3.22. The SMILES string of the molecule is CS(=O)(=O)c1ccc2nc(N3CCN(C(=O)CC4CCCCC4)CC3)sc2c1. The lowest BCUT2D eigenvalue weighted by atomic mass is 9.86. The number of thiazole rings is 1. The average molecular weight is 422 g/mol. The highest BCUT2D eigenvalue weighted by Gasteiger charge is 2.25. The number of aromatic nitrogens is 1. The normalized spacial score (nSPS) is 19.3. The van der Waals surface area contributed by atoms with Crippen molar-refractivity contribution in [3.63, 3.8) is 0 Å². The molecule has 0 N–H and O–H groups in total. The molecule has 0 unspecified atom stereocenters. The number of hydrogen-bond acceptors (Lipinski definition) is 6. The second-order valence-electron chi connectivity index (χ2n) is 7.97. The highest BCUT2D eigenvalue weighted by atomic mass is 32.2. The van der Waals surface area contributed by atoms with Crippen LogP contribution in [0.1, 0.15) is 38.5 Å². The Bertz CT molecular complexity index is 956. The molecule has 2 aliphatic rings. The van der Waals surface area contributed by atoms with Gasteiger partial charge in [-0.25, -0.2) is 13.4 Å². The van der Waals surface area contributed by atoms with Crippen LogP contribution in [0.5, 0.6) is 0 Å². The zero-order valence-electron chi connectivity index (χ0n) is 16.3. The Kier molecular flexibility index (Phi) is 5.60. The Morgan fingerprint density at radius 2 is 1.86 bits per heavy atom. The van der Waals surface area contributed by atoms with Gasteiger partial charge in [0.1, 0.15) is 0 Å². The van der Waals surface area contributed by atoms with Crippen LogP contribution in [-0.4, -0.2) is 56.6 Å². The molecule has 2 fully saturated rings. The van der Waals surface area contributed by atoms with Gasteiger partial charge in [0.15, 0.2) is 15.0 Å². The zero-order valence-corrected chi connectivity index (χ0v) is 17.9. The highest BCUT2D eigenvalue weighted by molar-refractivity contribution is 7.90. The first kappa shape index (κ1) is 19.6. The fourth-order valence-corrected chi connectivity index (χ4v) is 5.95. The van der Waals surface area contributed by atoms with Gasteiger partial charge in [-0.1, -0.05) is 30.6 Å². The molecule has 1 aromatic heterocycles. The maximum Gasteiger partial charge on any atom is 0.222 e. The maximum atomic E-state index is 12.6. The van der Waals surface area contributed by atoms with Crippen molar-refractivity contribution in [1.29, 1.82) is 0 Å². The van der Waals surface area contributed by atoms with Crippen LogP contribution < -0.4 is 4.90 Å². The summed E-state index contributed by atoms with van der Waals surface area (Å²) >= 11 is 1.52. The van der Waals surface area contributed by atoms with Crippen LogP contribution >= 0.6 is 11.3 Å². The Morgan fingerprint density at radius 3 is 2.54 bits per heavy atom. The van der Waals surface area contributed by atoms with E-state index < -0.39 is 9.84 Å². The molecule has 0 bridgehead atoms. The predicted octanol–water partition coefficient (Wildman–Crippen LogP) is 3.32. The third kappa shape index (κ3) is 4.33. The lowest BCUT2D eigenvalue weighted by Crippen LogP contribution is -2.49. The number of anilines is 1. The molecule has 4 rings (SSSR count). The predicted molar refractivity (Wildman–Crippen MR) is 113 cm³/mol. The van der Waals surface area contributed by atoms with Crippen molar-refractivity contribution >= 4 is 42.4 Å². The van der Waals surface area contributed by atoms with Crippen molar-refractivity contribution in [3.8, 4) is 0 Å². The summed E-state index contributed by atoms with van der Waals surface area (Å²) in [4.78, 5) is 21.8. The van der Waals surface area contributed by atoms with E-state index in [9.17, 15) is 13.2 Å². The molecule has 2 aromatic rings. The number of sulfone groups is 1. The van der Waals surface area contributed by atoms with Crippen molar-refractivity contribution in [3.05, 3.63) is 18.2 Å². The fourth-order valence-electron chi connectivity index (χ4n) is 4.17. The van der Waals surface area contributed by atoms with Gasteiger partial charge in [0.2, 0.25) is 5.91 Å². The monoisotopic (exact) mass is 421 g/mol. The number of hydrogen-bond donors (Lipinski definition) is 0. The van der Waals surface area contributed by atoms with E-state index in [0.29, 0.717) is 23.1 Å². The zero-order chi connectivity index (χ0) is 19.7. The summed E-state index contributed by atoms with van der Waals surface area (Å²) in [6, 6.07) is 5.09. The number of piperazine rings is 1. The van der Waals surface area contributed by atoms with E-state index in [1.54, 1.807) is 18.2 Å². The van der Waals surface area contributed by atoms with Crippen LogP contribution in [0.2, 0.25) is 0 Å². The lowest BCUT2D eigenvalue weighted by molar-refractivity contribution is -0.132. The first-order valence-corrected chi connectivity index (χ1v) is 12.7. The Balaban J connectivity index is 1.38. The van der Waals surface area contributed by atoms with Gasteiger partial charge in [0.25, 0.3) is 0 Å². The Labute approximate surface area is 170 Å². The molecular weight excluding hydrogens is 394 g/mol. The molecule has 1 saturated heterocycles. The number of amides is 1. The van der Waals surface area contributed by atoms with Crippen LogP contribution in [0.3, 0.4) is 0 Å². The summed E-state index contributed by atoms with van der Waals surface area (Å²) in [5.41, 5.74) is 0.822. The van der Waals surface area contributed by atoms with Crippen LogP contribution in [0.25, 0.3) is 10.2 Å². The quantitative estimate of drug-likeness (QED) is 0.757. The number of benzene rings is 1.